The summed E-state index contributed by atoms with van der Waals surface area (Å²) >= 11 is 0. The first-order valence-corrected chi connectivity index (χ1v) is 5.94. The van der Waals surface area contributed by atoms with Crippen LogP contribution in [0.15, 0.2) is 0 Å². The number of rotatable bonds is 1. The summed E-state index contributed by atoms with van der Waals surface area (Å²) in [6.07, 6.45) is 3.03. The maximum absolute atomic E-state index is 2.49. The van der Waals surface area contributed by atoms with E-state index in [0.29, 0.717) is 5.41 Å². The molecule has 0 aromatic rings. The van der Waals surface area contributed by atoms with E-state index < -0.39 is 0 Å². The lowest BCUT2D eigenvalue weighted by Crippen LogP contribution is -2.55. The maximum Gasteiger partial charge on any atom is -0.0295 e. The van der Waals surface area contributed by atoms with Crippen LogP contribution in [0.3, 0.4) is 0 Å². The van der Waals surface area contributed by atoms with E-state index in [-0.39, 0.29) is 0 Å². The fourth-order valence-electron chi connectivity index (χ4n) is 4.07. The van der Waals surface area contributed by atoms with Crippen LogP contribution in [0.5, 0.6) is 0 Å². The molecule has 13 heavy (non-hydrogen) atoms. The zero-order chi connectivity index (χ0) is 9.80. The number of fused-ring (bicyclic) bond motifs is 2. The third-order valence-corrected chi connectivity index (χ3v) is 5.27. The highest BCUT2D eigenvalue weighted by molar-refractivity contribution is 5.05. The zero-order valence-corrected chi connectivity index (χ0v) is 9.80. The number of hydrogen-bond donors (Lipinski definition) is 0. The Hall–Kier alpha value is 0. The minimum atomic E-state index is 0.671. The molecule has 0 spiro atoms. The average Bonchev–Trinajstić information content (AvgIpc) is 2.02. The van der Waals surface area contributed by atoms with Crippen LogP contribution >= 0.6 is 0 Å². The molecular weight excluding hydrogens is 156 g/mol. The van der Waals surface area contributed by atoms with Gasteiger partial charge in [-0.3, -0.25) is 0 Å². The highest BCUT2D eigenvalue weighted by Crippen LogP contribution is 2.63. The van der Waals surface area contributed by atoms with Gasteiger partial charge in [0.25, 0.3) is 0 Å². The highest BCUT2D eigenvalue weighted by Gasteiger charge is 2.56. The first-order chi connectivity index (χ1) is 5.94. The van der Waals surface area contributed by atoms with Gasteiger partial charge in [0.2, 0.25) is 0 Å². The molecule has 0 heteroatoms. The summed E-state index contributed by atoms with van der Waals surface area (Å²) in [5.41, 5.74) is 0.671. The molecule has 0 nitrogen and oxygen atoms in total. The van der Waals surface area contributed by atoms with Crippen LogP contribution in [0.4, 0.5) is 0 Å². The summed E-state index contributed by atoms with van der Waals surface area (Å²) in [4.78, 5) is 0. The van der Waals surface area contributed by atoms with E-state index in [9.17, 15) is 0 Å². The Morgan fingerprint density at radius 2 is 1.77 bits per heavy atom. The van der Waals surface area contributed by atoms with Crippen LogP contribution in [-0.2, 0) is 0 Å². The predicted molar refractivity (Wildman–Crippen MR) is 57.5 cm³/mol. The van der Waals surface area contributed by atoms with Crippen molar-refractivity contribution in [3.8, 4) is 0 Å². The smallest absolute Gasteiger partial charge is 0.0295 e. The van der Waals surface area contributed by atoms with Gasteiger partial charge in [-0.15, -0.1) is 0 Å². The second kappa shape index (κ2) is 2.74. The van der Waals surface area contributed by atoms with E-state index in [0.717, 1.165) is 29.6 Å². The van der Waals surface area contributed by atoms with Crippen molar-refractivity contribution < 1.29 is 0 Å². The van der Waals surface area contributed by atoms with Gasteiger partial charge in [0.15, 0.2) is 0 Å². The molecule has 0 aromatic carbocycles. The molecule has 0 radical (unpaired) electrons. The summed E-state index contributed by atoms with van der Waals surface area (Å²) in [6, 6.07) is 0. The molecule has 3 aliphatic carbocycles. The van der Waals surface area contributed by atoms with E-state index in [4.69, 9.17) is 0 Å². The van der Waals surface area contributed by atoms with Crippen molar-refractivity contribution in [2.45, 2.75) is 47.5 Å². The first-order valence-electron chi connectivity index (χ1n) is 5.94. The lowest BCUT2D eigenvalue weighted by Gasteiger charge is -2.63. The Bertz CT molecular complexity index is 200. The fourth-order valence-corrected chi connectivity index (χ4v) is 4.07. The van der Waals surface area contributed by atoms with Gasteiger partial charge in [-0.05, 0) is 47.8 Å². The molecule has 0 N–H and O–H groups in total. The van der Waals surface area contributed by atoms with Crippen LogP contribution in [0.25, 0.3) is 0 Å². The molecule has 76 valence electrons. The monoisotopic (exact) mass is 180 g/mol. The molecule has 0 saturated heterocycles. The quantitative estimate of drug-likeness (QED) is 0.573. The van der Waals surface area contributed by atoms with Gasteiger partial charge >= 0.3 is 0 Å². The van der Waals surface area contributed by atoms with Gasteiger partial charge in [-0.1, -0.05) is 34.6 Å². The van der Waals surface area contributed by atoms with Crippen LogP contribution in [0.1, 0.15) is 47.5 Å². The van der Waals surface area contributed by atoms with Gasteiger partial charge in [0.05, 0.1) is 0 Å². The minimum absolute atomic E-state index is 0.671. The van der Waals surface area contributed by atoms with Gasteiger partial charge in [0, 0.05) is 0 Å². The molecular formula is C13H24. The second-order valence-electron chi connectivity index (χ2n) is 6.36. The summed E-state index contributed by atoms with van der Waals surface area (Å²) in [5, 5.41) is 0. The summed E-state index contributed by atoms with van der Waals surface area (Å²) in [6.45, 7) is 12.3. The third-order valence-electron chi connectivity index (χ3n) is 5.27. The average molecular weight is 180 g/mol. The lowest BCUT2D eigenvalue weighted by molar-refractivity contribution is -0.137. The molecule has 4 atom stereocenters. The van der Waals surface area contributed by atoms with Crippen LogP contribution in [0, 0.1) is 35.0 Å². The van der Waals surface area contributed by atoms with E-state index in [1.807, 2.05) is 0 Å². The molecule has 2 bridgehead atoms. The Morgan fingerprint density at radius 3 is 2.15 bits per heavy atom. The molecule has 0 aromatic heterocycles. The Morgan fingerprint density at radius 1 is 1.15 bits per heavy atom. The van der Waals surface area contributed by atoms with Crippen molar-refractivity contribution in [1.82, 2.24) is 0 Å². The summed E-state index contributed by atoms with van der Waals surface area (Å²) in [7, 11) is 0. The van der Waals surface area contributed by atoms with E-state index in [1.165, 1.54) is 12.8 Å². The normalized spacial score (nSPS) is 47.5. The van der Waals surface area contributed by atoms with Crippen molar-refractivity contribution in [2.75, 3.05) is 0 Å². The second-order valence-corrected chi connectivity index (χ2v) is 6.36. The standard InChI is InChI=1S/C13H24/c1-8(2)11-6-10-7-12(9(11)3)13(10,4)5/h8-12H,6-7H2,1-5H3/t9-,10?,11?,12+/m0/s1. The van der Waals surface area contributed by atoms with Gasteiger partial charge in [-0.2, -0.15) is 0 Å². The van der Waals surface area contributed by atoms with Crippen LogP contribution < -0.4 is 0 Å². The highest BCUT2D eigenvalue weighted by atomic mass is 14.6. The molecule has 0 aliphatic heterocycles. The third kappa shape index (κ3) is 1.17. The Kier molecular flexibility index (Phi) is 2.02. The topological polar surface area (TPSA) is 0 Å². The Balaban J connectivity index is 2.12. The fraction of sp³-hybridized carbons (Fsp3) is 1.00. The predicted octanol–water partition coefficient (Wildman–Crippen LogP) is 3.96. The van der Waals surface area contributed by atoms with Gasteiger partial charge in [-0.25, -0.2) is 0 Å². The van der Waals surface area contributed by atoms with Crippen molar-refractivity contribution in [1.29, 1.82) is 0 Å². The Labute approximate surface area is 83.1 Å². The molecule has 3 fully saturated rings. The van der Waals surface area contributed by atoms with Crippen LogP contribution in [-0.4, -0.2) is 0 Å². The van der Waals surface area contributed by atoms with Gasteiger partial charge < -0.3 is 0 Å². The zero-order valence-electron chi connectivity index (χ0n) is 9.80. The summed E-state index contributed by atoms with van der Waals surface area (Å²) in [5.74, 6) is 4.95. The van der Waals surface area contributed by atoms with E-state index in [1.54, 1.807) is 0 Å². The molecule has 0 amide bonds. The SMILES string of the molecule is CC(C)C1CC2C[C@H]([C@H]1C)C2(C)C. The number of hydrogen-bond acceptors (Lipinski definition) is 0. The van der Waals surface area contributed by atoms with Gasteiger partial charge in [0.1, 0.15) is 0 Å². The van der Waals surface area contributed by atoms with E-state index >= 15 is 0 Å². The lowest BCUT2D eigenvalue weighted by atomic mass is 9.42. The maximum atomic E-state index is 2.49. The minimum Gasteiger partial charge on any atom is -0.0625 e. The van der Waals surface area contributed by atoms with E-state index in [2.05, 4.69) is 34.6 Å². The largest absolute Gasteiger partial charge is 0.0625 e. The molecule has 2 unspecified atom stereocenters. The molecule has 3 saturated carbocycles. The summed E-state index contributed by atoms with van der Waals surface area (Å²) < 4.78 is 0. The van der Waals surface area contributed by atoms with Crippen molar-refractivity contribution in [3.63, 3.8) is 0 Å². The molecule has 0 heterocycles. The van der Waals surface area contributed by atoms with Crippen molar-refractivity contribution in [3.05, 3.63) is 0 Å². The molecule has 3 rings (SSSR count). The molecule has 3 aliphatic rings. The van der Waals surface area contributed by atoms with Crippen LogP contribution in [0.2, 0.25) is 0 Å². The first kappa shape index (κ1) is 9.55. The van der Waals surface area contributed by atoms with Crippen molar-refractivity contribution in [2.24, 2.45) is 35.0 Å². The van der Waals surface area contributed by atoms with Crippen molar-refractivity contribution >= 4 is 0 Å².